The highest BCUT2D eigenvalue weighted by atomic mass is 35.5. The predicted octanol–water partition coefficient (Wildman–Crippen LogP) is 1.89. The first-order chi connectivity index (χ1) is 6.28. The third-order valence-electron chi connectivity index (χ3n) is 2.47. The van der Waals surface area contributed by atoms with E-state index in [0.29, 0.717) is 0 Å². The lowest BCUT2D eigenvalue weighted by Crippen LogP contribution is -2.35. The molecule has 0 radical (unpaired) electrons. The molecule has 0 atom stereocenters. The van der Waals surface area contributed by atoms with Crippen molar-refractivity contribution >= 4 is 11.6 Å². The van der Waals surface area contributed by atoms with E-state index in [9.17, 15) is 0 Å². The Balaban J connectivity index is 3.56. The van der Waals surface area contributed by atoms with Crippen LogP contribution in [0.25, 0.3) is 0 Å². The van der Waals surface area contributed by atoms with Crippen molar-refractivity contribution in [3.63, 3.8) is 0 Å². The van der Waals surface area contributed by atoms with Crippen molar-refractivity contribution in [2.24, 2.45) is 0 Å². The molecule has 0 N–H and O–H groups in total. The molecular formula is C10H23ClN2. The quantitative estimate of drug-likeness (QED) is 0.560. The van der Waals surface area contributed by atoms with Crippen molar-refractivity contribution in [2.75, 3.05) is 45.1 Å². The highest BCUT2D eigenvalue weighted by molar-refractivity contribution is 6.18. The fourth-order valence-corrected chi connectivity index (χ4v) is 1.61. The molecule has 0 bridgehead atoms. The Kier molecular flexibility index (Phi) is 8.93. The normalized spacial score (nSPS) is 11.5. The second-order valence-corrected chi connectivity index (χ2v) is 3.53. The van der Waals surface area contributed by atoms with Gasteiger partial charge in [-0.2, -0.15) is 0 Å². The smallest absolute Gasteiger partial charge is 0.0351 e. The van der Waals surface area contributed by atoms with Crippen LogP contribution in [0.2, 0.25) is 0 Å². The van der Waals surface area contributed by atoms with Gasteiger partial charge in [-0.25, -0.2) is 0 Å². The van der Waals surface area contributed by atoms with Crippen LogP contribution in [0.15, 0.2) is 0 Å². The van der Waals surface area contributed by atoms with E-state index in [0.717, 1.165) is 45.1 Å². The molecule has 0 heterocycles. The zero-order chi connectivity index (χ0) is 10.1. The monoisotopic (exact) mass is 206 g/mol. The van der Waals surface area contributed by atoms with Gasteiger partial charge in [-0.3, -0.25) is 0 Å². The first-order valence-electron chi connectivity index (χ1n) is 5.29. The molecule has 2 nitrogen and oxygen atoms in total. The van der Waals surface area contributed by atoms with Crippen LogP contribution in [0.3, 0.4) is 0 Å². The van der Waals surface area contributed by atoms with Crippen molar-refractivity contribution in [3.8, 4) is 0 Å². The molecule has 3 heteroatoms. The lowest BCUT2D eigenvalue weighted by atomic mass is 10.4. The number of halogens is 1. The maximum atomic E-state index is 5.70. The third kappa shape index (κ3) is 6.30. The Hall–Kier alpha value is 0.210. The van der Waals surface area contributed by atoms with Crippen LogP contribution in [-0.2, 0) is 0 Å². The minimum Gasteiger partial charge on any atom is -0.303 e. The highest BCUT2D eigenvalue weighted by Crippen LogP contribution is 1.92. The molecule has 0 aromatic rings. The van der Waals surface area contributed by atoms with Gasteiger partial charge in [-0.05, 0) is 19.6 Å². The Labute approximate surface area is 87.8 Å². The molecule has 0 spiro atoms. The van der Waals surface area contributed by atoms with E-state index < -0.39 is 0 Å². The number of rotatable bonds is 8. The summed E-state index contributed by atoms with van der Waals surface area (Å²) >= 11 is 5.70. The molecule has 0 rings (SSSR count). The number of alkyl halides is 1. The summed E-state index contributed by atoms with van der Waals surface area (Å²) in [5.41, 5.74) is 0. The topological polar surface area (TPSA) is 6.48 Å². The van der Waals surface area contributed by atoms with E-state index in [1.165, 1.54) is 0 Å². The molecule has 0 saturated carbocycles. The van der Waals surface area contributed by atoms with Gasteiger partial charge >= 0.3 is 0 Å². The molecule has 0 unspecified atom stereocenters. The number of likely N-dealkylation sites (N-methyl/N-ethyl adjacent to an activating group) is 2. The lowest BCUT2D eigenvalue weighted by Gasteiger charge is -2.24. The second kappa shape index (κ2) is 8.79. The van der Waals surface area contributed by atoms with E-state index >= 15 is 0 Å². The van der Waals surface area contributed by atoms with Crippen LogP contribution in [0, 0.1) is 0 Å². The molecule has 0 aromatic carbocycles. The standard InChI is InChI=1S/C10H23ClN2/c1-4-12(5-2)9-10-13(6-3)8-7-11/h4-10H2,1-3H3. The van der Waals surface area contributed by atoms with Crippen LogP contribution in [0.1, 0.15) is 20.8 Å². The van der Waals surface area contributed by atoms with Crippen LogP contribution in [0.4, 0.5) is 0 Å². The van der Waals surface area contributed by atoms with Crippen molar-refractivity contribution in [1.29, 1.82) is 0 Å². The van der Waals surface area contributed by atoms with Crippen molar-refractivity contribution in [2.45, 2.75) is 20.8 Å². The van der Waals surface area contributed by atoms with E-state index in [1.54, 1.807) is 0 Å². The zero-order valence-electron chi connectivity index (χ0n) is 9.22. The van der Waals surface area contributed by atoms with Crippen molar-refractivity contribution < 1.29 is 0 Å². The highest BCUT2D eigenvalue weighted by Gasteiger charge is 2.03. The number of hydrogen-bond acceptors (Lipinski definition) is 2. The Morgan fingerprint density at radius 2 is 1.23 bits per heavy atom. The molecule has 80 valence electrons. The first-order valence-corrected chi connectivity index (χ1v) is 5.82. The SMILES string of the molecule is CCN(CC)CCN(CC)CCCl. The minimum absolute atomic E-state index is 0.742. The average Bonchev–Trinajstić information content (AvgIpc) is 2.17. The maximum absolute atomic E-state index is 5.70. The van der Waals surface area contributed by atoms with Gasteiger partial charge in [0.25, 0.3) is 0 Å². The van der Waals surface area contributed by atoms with E-state index in [4.69, 9.17) is 11.6 Å². The summed E-state index contributed by atoms with van der Waals surface area (Å²) in [6.45, 7) is 13.3. The van der Waals surface area contributed by atoms with Gasteiger partial charge in [0, 0.05) is 25.5 Å². The van der Waals surface area contributed by atoms with Crippen molar-refractivity contribution in [1.82, 2.24) is 9.80 Å². The molecule has 0 aromatic heterocycles. The second-order valence-electron chi connectivity index (χ2n) is 3.15. The Bertz CT molecular complexity index is 105. The van der Waals surface area contributed by atoms with Gasteiger partial charge in [0.1, 0.15) is 0 Å². The van der Waals surface area contributed by atoms with E-state index in [-0.39, 0.29) is 0 Å². The fourth-order valence-electron chi connectivity index (χ4n) is 1.37. The molecular weight excluding hydrogens is 184 g/mol. The largest absolute Gasteiger partial charge is 0.303 e. The maximum Gasteiger partial charge on any atom is 0.0351 e. The third-order valence-corrected chi connectivity index (χ3v) is 2.64. The van der Waals surface area contributed by atoms with Gasteiger partial charge in [-0.1, -0.05) is 20.8 Å². The van der Waals surface area contributed by atoms with Gasteiger partial charge in [0.05, 0.1) is 0 Å². The summed E-state index contributed by atoms with van der Waals surface area (Å²) in [7, 11) is 0. The average molecular weight is 207 g/mol. The van der Waals surface area contributed by atoms with E-state index in [2.05, 4.69) is 30.6 Å². The number of nitrogens with zero attached hydrogens (tertiary/aromatic N) is 2. The molecule has 0 amide bonds. The zero-order valence-corrected chi connectivity index (χ0v) is 9.98. The van der Waals surface area contributed by atoms with Crippen LogP contribution in [0.5, 0.6) is 0 Å². The van der Waals surface area contributed by atoms with Crippen LogP contribution in [-0.4, -0.2) is 54.9 Å². The van der Waals surface area contributed by atoms with Gasteiger partial charge < -0.3 is 9.80 Å². The minimum atomic E-state index is 0.742. The molecule has 13 heavy (non-hydrogen) atoms. The van der Waals surface area contributed by atoms with Crippen LogP contribution < -0.4 is 0 Å². The summed E-state index contributed by atoms with van der Waals surface area (Å²) in [5.74, 6) is 0.742. The molecule has 0 saturated heterocycles. The molecule has 0 aliphatic carbocycles. The van der Waals surface area contributed by atoms with Crippen LogP contribution >= 0.6 is 11.6 Å². The first kappa shape index (κ1) is 13.2. The molecule has 0 aliphatic rings. The van der Waals surface area contributed by atoms with E-state index in [1.807, 2.05) is 0 Å². The van der Waals surface area contributed by atoms with Gasteiger partial charge in [-0.15, -0.1) is 11.6 Å². The number of hydrogen-bond donors (Lipinski definition) is 0. The van der Waals surface area contributed by atoms with Crippen molar-refractivity contribution in [3.05, 3.63) is 0 Å². The predicted molar refractivity (Wildman–Crippen MR) is 60.6 cm³/mol. The summed E-state index contributed by atoms with van der Waals surface area (Å²) in [4.78, 5) is 4.84. The summed E-state index contributed by atoms with van der Waals surface area (Å²) < 4.78 is 0. The Morgan fingerprint density at radius 3 is 1.62 bits per heavy atom. The lowest BCUT2D eigenvalue weighted by molar-refractivity contribution is 0.228. The Morgan fingerprint density at radius 1 is 0.769 bits per heavy atom. The summed E-state index contributed by atoms with van der Waals surface area (Å²) in [5, 5.41) is 0. The fraction of sp³-hybridized carbons (Fsp3) is 1.00. The summed E-state index contributed by atoms with van der Waals surface area (Å²) in [6.07, 6.45) is 0. The summed E-state index contributed by atoms with van der Waals surface area (Å²) in [6, 6.07) is 0. The molecule has 0 aliphatic heterocycles. The van der Waals surface area contributed by atoms with Gasteiger partial charge in [0.2, 0.25) is 0 Å². The van der Waals surface area contributed by atoms with Gasteiger partial charge in [0.15, 0.2) is 0 Å². The molecule has 0 fully saturated rings.